The van der Waals surface area contributed by atoms with Crippen molar-refractivity contribution in [2.75, 3.05) is 12.3 Å². The lowest BCUT2D eigenvalue weighted by Gasteiger charge is -2.21. The molecule has 0 aliphatic carbocycles. The number of hydrogen-bond donors (Lipinski definition) is 2. The Kier molecular flexibility index (Phi) is 6.60. The molecule has 2 nitrogen and oxygen atoms in total. The summed E-state index contributed by atoms with van der Waals surface area (Å²) in [5, 5.41) is 14.0. The van der Waals surface area contributed by atoms with Gasteiger partial charge in [0.1, 0.15) is 18.7 Å². The third kappa shape index (κ3) is 6.19. The third-order valence-corrected chi connectivity index (χ3v) is 5.08. The monoisotopic (exact) mass is 356 g/mol. The number of rotatable bonds is 7. The number of benzene rings is 2. The molecule has 2 aromatic rings. The minimum absolute atomic E-state index is 0.639. The Morgan fingerprint density at radius 2 is 1.82 bits per heavy atom. The fourth-order valence-electron chi connectivity index (χ4n) is 2.04. The van der Waals surface area contributed by atoms with Gasteiger partial charge < -0.3 is 10.4 Å². The number of hydrogen-bond acceptors (Lipinski definition) is 2. The minimum atomic E-state index is -0.733. The van der Waals surface area contributed by atoms with Crippen LogP contribution in [0.2, 0.25) is 10.0 Å². The molecule has 0 aromatic heterocycles. The van der Waals surface area contributed by atoms with Gasteiger partial charge in [-0.25, -0.2) is 0 Å². The zero-order valence-corrected chi connectivity index (χ0v) is 14.8. The maximum atomic E-state index is 10.5. The van der Waals surface area contributed by atoms with Crippen LogP contribution >= 0.6 is 35.0 Å². The molecule has 0 heterocycles. The van der Waals surface area contributed by atoms with Gasteiger partial charge in [-0.15, -0.1) is 11.8 Å². The molecule has 5 heteroatoms. The van der Waals surface area contributed by atoms with Crippen LogP contribution in [0.1, 0.15) is 12.5 Å². The van der Waals surface area contributed by atoms with Crippen LogP contribution in [0, 0.1) is 0 Å². The molecule has 0 aliphatic heterocycles. The first-order chi connectivity index (χ1) is 10.4. The summed E-state index contributed by atoms with van der Waals surface area (Å²) in [5.41, 5.74) is 0.428. The van der Waals surface area contributed by atoms with Crippen molar-refractivity contribution >= 4 is 35.0 Å². The van der Waals surface area contributed by atoms with Crippen LogP contribution in [0.4, 0.5) is 0 Å². The van der Waals surface area contributed by atoms with Crippen LogP contribution in [-0.4, -0.2) is 23.0 Å². The molecule has 0 amide bonds. The van der Waals surface area contributed by atoms with Gasteiger partial charge in [-0.1, -0.05) is 35.3 Å². The fraction of sp³-hybridized carbons (Fsp3) is 0.294. The largest absolute Gasteiger partial charge is 0.383 e. The molecule has 0 saturated heterocycles. The molecule has 3 N–H and O–H groups in total. The maximum Gasteiger partial charge on any atom is 0.120 e. The van der Waals surface area contributed by atoms with Gasteiger partial charge in [-0.05, 0) is 43.3 Å². The summed E-state index contributed by atoms with van der Waals surface area (Å²) in [6.07, 6.45) is 0. The number of halogens is 2. The first-order valence-electron chi connectivity index (χ1n) is 7.11. The maximum absolute atomic E-state index is 10.5. The Hall–Kier alpha value is -0.710. The van der Waals surface area contributed by atoms with E-state index in [1.165, 1.54) is 0 Å². The molecule has 0 fully saturated rings. The van der Waals surface area contributed by atoms with Gasteiger partial charge in [-0.3, -0.25) is 0 Å². The van der Waals surface area contributed by atoms with Gasteiger partial charge in [-0.2, -0.15) is 0 Å². The third-order valence-electron chi connectivity index (χ3n) is 3.22. The Balaban J connectivity index is 1.77. The summed E-state index contributed by atoms with van der Waals surface area (Å²) in [4.78, 5) is 1.11. The van der Waals surface area contributed by atoms with Crippen LogP contribution < -0.4 is 5.32 Å². The standard InChI is InChI=1S/C17H19Cl2NOS/c1-17(21,12-22-16-7-5-14(18)6-8-16)11-20-10-13-3-2-4-15(19)9-13/h2-9,20-21H,10-12H2,1H3/p+1/t17-/m1/s1. The second-order valence-corrected chi connectivity index (χ2v) is 7.49. The number of aliphatic hydroxyl groups is 1. The van der Waals surface area contributed by atoms with Crippen LogP contribution in [0.15, 0.2) is 53.4 Å². The van der Waals surface area contributed by atoms with Crippen molar-refractivity contribution in [2.45, 2.75) is 24.0 Å². The number of nitrogens with two attached hydrogens (primary N) is 1. The number of thioether (sulfide) groups is 1. The quantitative estimate of drug-likeness (QED) is 0.743. The molecule has 1 atom stereocenters. The Morgan fingerprint density at radius 1 is 1.09 bits per heavy atom. The van der Waals surface area contributed by atoms with E-state index >= 15 is 0 Å². The first-order valence-corrected chi connectivity index (χ1v) is 8.86. The van der Waals surface area contributed by atoms with Crippen LogP contribution in [-0.2, 0) is 6.54 Å². The highest BCUT2D eigenvalue weighted by Gasteiger charge is 2.22. The molecule has 0 unspecified atom stereocenters. The fourth-order valence-corrected chi connectivity index (χ4v) is 3.31. The zero-order chi connectivity index (χ0) is 16.0. The number of quaternary nitrogens is 1. The molecule has 2 aromatic carbocycles. The molecule has 0 radical (unpaired) electrons. The van der Waals surface area contributed by atoms with Crippen molar-refractivity contribution in [1.29, 1.82) is 0 Å². The van der Waals surface area contributed by atoms with Gasteiger partial charge in [0.15, 0.2) is 0 Å². The van der Waals surface area contributed by atoms with E-state index in [9.17, 15) is 5.11 Å². The molecule has 2 rings (SSSR count). The molecule has 22 heavy (non-hydrogen) atoms. The summed E-state index contributed by atoms with van der Waals surface area (Å²) in [7, 11) is 0. The lowest BCUT2D eigenvalue weighted by atomic mass is 10.1. The smallest absolute Gasteiger partial charge is 0.120 e. The predicted octanol–water partition coefficient (Wildman–Crippen LogP) is 3.60. The predicted molar refractivity (Wildman–Crippen MR) is 94.7 cm³/mol. The van der Waals surface area contributed by atoms with E-state index < -0.39 is 5.60 Å². The van der Waals surface area contributed by atoms with Gasteiger partial charge in [0.05, 0.1) is 0 Å². The second-order valence-electron chi connectivity index (χ2n) is 5.57. The van der Waals surface area contributed by atoms with E-state index in [2.05, 4.69) is 5.32 Å². The summed E-state index contributed by atoms with van der Waals surface area (Å²) in [6.45, 7) is 3.31. The van der Waals surface area contributed by atoms with Crippen LogP contribution in [0.5, 0.6) is 0 Å². The van der Waals surface area contributed by atoms with E-state index in [1.54, 1.807) is 11.8 Å². The van der Waals surface area contributed by atoms with Crippen molar-refractivity contribution < 1.29 is 10.4 Å². The molecule has 0 spiro atoms. The summed E-state index contributed by atoms with van der Waals surface area (Å²) < 4.78 is 0. The topological polar surface area (TPSA) is 36.8 Å². The molecule has 0 saturated carbocycles. The van der Waals surface area contributed by atoms with E-state index in [0.717, 1.165) is 27.0 Å². The lowest BCUT2D eigenvalue weighted by molar-refractivity contribution is -0.681. The molecular weight excluding hydrogens is 337 g/mol. The van der Waals surface area contributed by atoms with E-state index in [1.807, 2.05) is 55.5 Å². The Bertz CT molecular complexity index is 602. The first kappa shape index (κ1) is 17.6. The van der Waals surface area contributed by atoms with Crippen molar-refractivity contribution in [1.82, 2.24) is 0 Å². The summed E-state index contributed by atoms with van der Waals surface area (Å²) in [6, 6.07) is 15.5. The van der Waals surface area contributed by atoms with Crippen molar-refractivity contribution in [3.8, 4) is 0 Å². The average molecular weight is 357 g/mol. The lowest BCUT2D eigenvalue weighted by Crippen LogP contribution is -2.86. The minimum Gasteiger partial charge on any atom is -0.383 e. The normalized spacial score (nSPS) is 13.8. The van der Waals surface area contributed by atoms with Gasteiger partial charge >= 0.3 is 0 Å². The summed E-state index contributed by atoms with van der Waals surface area (Å²) in [5.74, 6) is 0.640. The van der Waals surface area contributed by atoms with Gasteiger partial charge in [0.25, 0.3) is 0 Å². The Morgan fingerprint density at radius 3 is 2.50 bits per heavy atom. The molecule has 0 bridgehead atoms. The Labute approximate surface area is 145 Å². The summed E-state index contributed by atoms with van der Waals surface area (Å²) >= 11 is 13.5. The van der Waals surface area contributed by atoms with Crippen molar-refractivity contribution in [3.05, 3.63) is 64.1 Å². The highest BCUT2D eigenvalue weighted by molar-refractivity contribution is 7.99. The highest BCUT2D eigenvalue weighted by atomic mass is 35.5. The van der Waals surface area contributed by atoms with Crippen LogP contribution in [0.25, 0.3) is 0 Å². The van der Waals surface area contributed by atoms with Gasteiger partial charge in [0, 0.05) is 26.3 Å². The molecular formula is C17H20Cl2NOS+. The highest BCUT2D eigenvalue weighted by Crippen LogP contribution is 2.23. The van der Waals surface area contributed by atoms with E-state index in [0.29, 0.717) is 12.3 Å². The zero-order valence-electron chi connectivity index (χ0n) is 12.4. The van der Waals surface area contributed by atoms with E-state index in [-0.39, 0.29) is 0 Å². The second kappa shape index (κ2) is 8.23. The SMILES string of the molecule is C[C@@](O)(C[NH2+]Cc1cccc(Cl)c1)CSc1ccc(Cl)cc1. The van der Waals surface area contributed by atoms with Crippen molar-refractivity contribution in [2.24, 2.45) is 0 Å². The molecule has 118 valence electrons. The van der Waals surface area contributed by atoms with Crippen molar-refractivity contribution in [3.63, 3.8) is 0 Å². The molecule has 0 aliphatic rings. The average Bonchev–Trinajstić information content (AvgIpc) is 2.47. The van der Waals surface area contributed by atoms with Gasteiger partial charge in [0.2, 0.25) is 0 Å². The van der Waals surface area contributed by atoms with E-state index in [4.69, 9.17) is 23.2 Å². The van der Waals surface area contributed by atoms with Crippen LogP contribution in [0.3, 0.4) is 0 Å².